The third kappa shape index (κ3) is 4.92. The predicted octanol–water partition coefficient (Wildman–Crippen LogP) is 4.18. The molecule has 2 rings (SSSR count). The third-order valence-corrected chi connectivity index (χ3v) is 3.49. The maximum atomic E-state index is 13.0. The molecule has 24 heavy (non-hydrogen) atoms. The molecule has 130 valence electrons. The molecule has 0 saturated carbocycles. The van der Waals surface area contributed by atoms with Gasteiger partial charge in [-0.1, -0.05) is 30.3 Å². The normalized spacial score (nSPS) is 14.2. The summed E-state index contributed by atoms with van der Waals surface area (Å²) in [6.45, 7) is 5.25. The first kappa shape index (κ1) is 18.2. The highest BCUT2D eigenvalue weighted by Crippen LogP contribution is 2.35. The molecule has 0 radical (unpaired) electrons. The van der Waals surface area contributed by atoms with Gasteiger partial charge in [0.15, 0.2) is 0 Å². The van der Waals surface area contributed by atoms with Crippen LogP contribution < -0.4 is 4.74 Å². The molecule has 0 N–H and O–H groups in total. The van der Waals surface area contributed by atoms with Crippen LogP contribution in [0.1, 0.15) is 30.8 Å². The maximum Gasteiger partial charge on any atom is 0.423 e. The number of aromatic nitrogens is 2. The molecule has 0 amide bonds. The van der Waals surface area contributed by atoms with Crippen molar-refractivity contribution < 1.29 is 22.6 Å². The lowest BCUT2D eigenvalue weighted by atomic mass is 10.2. The van der Waals surface area contributed by atoms with Crippen molar-refractivity contribution in [3.63, 3.8) is 0 Å². The van der Waals surface area contributed by atoms with Gasteiger partial charge in [0.1, 0.15) is 17.5 Å². The van der Waals surface area contributed by atoms with Crippen LogP contribution in [0.3, 0.4) is 0 Å². The van der Waals surface area contributed by atoms with Crippen LogP contribution in [0.15, 0.2) is 36.5 Å². The molecule has 0 aliphatic rings. The largest absolute Gasteiger partial charge is 0.471 e. The summed E-state index contributed by atoms with van der Waals surface area (Å²) in [6.07, 6.45) is -4.86. The van der Waals surface area contributed by atoms with E-state index in [4.69, 9.17) is 9.47 Å². The number of alkyl halides is 3. The Morgan fingerprint density at radius 2 is 1.75 bits per heavy atom. The van der Waals surface area contributed by atoms with Crippen LogP contribution in [0.4, 0.5) is 13.2 Å². The molecule has 2 atom stereocenters. The summed E-state index contributed by atoms with van der Waals surface area (Å²) in [6, 6.07) is 9.50. The smallest absolute Gasteiger partial charge is 0.423 e. The number of halogens is 3. The summed E-state index contributed by atoms with van der Waals surface area (Å²) in [5.74, 6) is -0.263. The van der Waals surface area contributed by atoms with Gasteiger partial charge in [0.05, 0.1) is 12.7 Å². The predicted molar refractivity (Wildman–Crippen MR) is 82.6 cm³/mol. The Morgan fingerprint density at radius 3 is 2.38 bits per heavy atom. The molecule has 0 bridgehead atoms. The zero-order chi connectivity index (χ0) is 17.7. The molecule has 0 saturated heterocycles. The zero-order valence-corrected chi connectivity index (χ0v) is 13.7. The van der Waals surface area contributed by atoms with Gasteiger partial charge in [-0.05, 0) is 26.3 Å². The van der Waals surface area contributed by atoms with Gasteiger partial charge in [-0.2, -0.15) is 18.2 Å². The van der Waals surface area contributed by atoms with Gasteiger partial charge in [-0.3, -0.25) is 0 Å². The molecular formula is C17H19F3N2O2. The molecule has 0 unspecified atom stereocenters. The van der Waals surface area contributed by atoms with E-state index in [1.54, 1.807) is 13.8 Å². The van der Waals surface area contributed by atoms with E-state index in [1.165, 1.54) is 6.92 Å². The number of rotatable bonds is 6. The first-order valence-electron chi connectivity index (χ1n) is 7.50. The fourth-order valence-corrected chi connectivity index (χ4v) is 1.94. The van der Waals surface area contributed by atoms with Crippen LogP contribution in [-0.2, 0) is 17.5 Å². The topological polar surface area (TPSA) is 44.2 Å². The number of benzene rings is 1. The van der Waals surface area contributed by atoms with E-state index in [2.05, 4.69) is 9.97 Å². The summed E-state index contributed by atoms with van der Waals surface area (Å²) in [7, 11) is 0. The van der Waals surface area contributed by atoms with Crippen LogP contribution in [0.5, 0.6) is 5.88 Å². The van der Waals surface area contributed by atoms with E-state index in [0.29, 0.717) is 6.61 Å². The van der Waals surface area contributed by atoms with Crippen LogP contribution >= 0.6 is 0 Å². The minimum absolute atomic E-state index is 0.211. The van der Waals surface area contributed by atoms with Gasteiger partial charge in [0, 0.05) is 6.20 Å². The maximum absolute atomic E-state index is 13.0. The highest BCUT2D eigenvalue weighted by molar-refractivity contribution is 5.27. The van der Waals surface area contributed by atoms with Crippen LogP contribution in [-0.4, -0.2) is 22.2 Å². The molecule has 0 aliphatic heterocycles. The lowest BCUT2D eigenvalue weighted by molar-refractivity contribution is -0.140. The van der Waals surface area contributed by atoms with Gasteiger partial charge < -0.3 is 9.47 Å². The molecule has 4 nitrogen and oxygen atoms in total. The fourth-order valence-electron chi connectivity index (χ4n) is 1.94. The minimum Gasteiger partial charge on any atom is -0.471 e. The highest BCUT2D eigenvalue weighted by atomic mass is 19.4. The second-order valence-electron chi connectivity index (χ2n) is 5.46. The number of hydrogen-bond acceptors (Lipinski definition) is 4. The Balaban J connectivity index is 2.03. The standard InChI is InChI=1S/C17H19F3N2O2/c1-11(23-10-14-7-5-4-6-8-14)12(2)24-16-15(17(18,19)20)9-21-13(3)22-16/h4-9,11-12H,10H2,1-3H3/t11-,12-/m1/s1. The van der Waals surface area contributed by atoms with E-state index in [0.717, 1.165) is 11.8 Å². The molecular weight excluding hydrogens is 321 g/mol. The quantitative estimate of drug-likeness (QED) is 0.791. The van der Waals surface area contributed by atoms with Crippen molar-refractivity contribution in [1.82, 2.24) is 9.97 Å². The molecule has 7 heteroatoms. The monoisotopic (exact) mass is 340 g/mol. The lowest BCUT2D eigenvalue weighted by Crippen LogP contribution is -2.30. The Labute approximate surface area is 138 Å². The van der Waals surface area contributed by atoms with E-state index < -0.39 is 29.8 Å². The summed E-state index contributed by atoms with van der Waals surface area (Å²) in [4.78, 5) is 7.36. The zero-order valence-electron chi connectivity index (χ0n) is 13.7. The van der Waals surface area contributed by atoms with Gasteiger partial charge in [0.25, 0.3) is 0 Å². The van der Waals surface area contributed by atoms with Crippen molar-refractivity contribution >= 4 is 0 Å². The number of hydrogen-bond donors (Lipinski definition) is 0. The average molecular weight is 340 g/mol. The van der Waals surface area contributed by atoms with Crippen LogP contribution in [0.2, 0.25) is 0 Å². The second-order valence-corrected chi connectivity index (χ2v) is 5.46. The molecule has 1 aromatic heterocycles. The van der Waals surface area contributed by atoms with Crippen molar-refractivity contribution in [2.75, 3.05) is 0 Å². The van der Waals surface area contributed by atoms with E-state index in [9.17, 15) is 13.2 Å². The Hall–Kier alpha value is -2.15. The molecule has 1 heterocycles. The molecule has 0 spiro atoms. The molecule has 1 aromatic carbocycles. The van der Waals surface area contributed by atoms with E-state index in [1.807, 2.05) is 30.3 Å². The third-order valence-electron chi connectivity index (χ3n) is 3.49. The van der Waals surface area contributed by atoms with Gasteiger partial charge in [-0.25, -0.2) is 4.98 Å². The van der Waals surface area contributed by atoms with Gasteiger partial charge in [-0.15, -0.1) is 0 Å². The van der Waals surface area contributed by atoms with Crippen LogP contribution in [0.25, 0.3) is 0 Å². The van der Waals surface area contributed by atoms with Crippen molar-refractivity contribution in [3.8, 4) is 5.88 Å². The van der Waals surface area contributed by atoms with Gasteiger partial charge in [0.2, 0.25) is 5.88 Å². The molecule has 0 aliphatic carbocycles. The average Bonchev–Trinajstić information content (AvgIpc) is 2.52. The van der Waals surface area contributed by atoms with Crippen molar-refractivity contribution in [2.45, 2.75) is 45.8 Å². The molecule has 0 fully saturated rings. The van der Waals surface area contributed by atoms with Crippen molar-refractivity contribution in [3.05, 3.63) is 53.5 Å². The summed E-state index contributed by atoms with van der Waals surface area (Å²) < 4.78 is 50.1. The van der Waals surface area contributed by atoms with E-state index in [-0.39, 0.29) is 5.82 Å². The Bertz CT molecular complexity index is 663. The van der Waals surface area contributed by atoms with Crippen LogP contribution in [0, 0.1) is 6.92 Å². The van der Waals surface area contributed by atoms with Gasteiger partial charge >= 0.3 is 6.18 Å². The van der Waals surface area contributed by atoms with Crippen molar-refractivity contribution in [2.24, 2.45) is 0 Å². The molecule has 2 aromatic rings. The SMILES string of the molecule is Cc1ncc(C(F)(F)F)c(O[C@H](C)[C@@H](C)OCc2ccccc2)n1. The van der Waals surface area contributed by atoms with E-state index >= 15 is 0 Å². The first-order chi connectivity index (χ1) is 11.3. The number of nitrogens with zero attached hydrogens (tertiary/aromatic N) is 2. The summed E-state index contributed by atoms with van der Waals surface area (Å²) in [5.41, 5.74) is -0.0133. The summed E-state index contributed by atoms with van der Waals surface area (Å²) >= 11 is 0. The Kier molecular flexibility index (Phi) is 5.77. The highest BCUT2D eigenvalue weighted by Gasteiger charge is 2.36. The fraction of sp³-hybridized carbons (Fsp3) is 0.412. The first-order valence-corrected chi connectivity index (χ1v) is 7.50. The number of aryl methyl sites for hydroxylation is 1. The Morgan fingerprint density at radius 1 is 1.08 bits per heavy atom. The second kappa shape index (κ2) is 7.61. The summed E-state index contributed by atoms with van der Waals surface area (Å²) in [5, 5.41) is 0. The number of ether oxygens (including phenoxy) is 2. The minimum atomic E-state index is -4.57. The lowest BCUT2D eigenvalue weighted by Gasteiger charge is -2.23. The van der Waals surface area contributed by atoms with Crippen molar-refractivity contribution in [1.29, 1.82) is 0 Å².